The van der Waals surface area contributed by atoms with E-state index in [9.17, 15) is 0 Å². The van der Waals surface area contributed by atoms with E-state index in [1.165, 1.54) is 148 Å². The van der Waals surface area contributed by atoms with Crippen molar-refractivity contribution in [2.45, 2.75) is 174 Å². The summed E-state index contributed by atoms with van der Waals surface area (Å²) in [4.78, 5) is 0. The fraction of sp³-hybridized carbons (Fsp3) is 0.966. The third kappa shape index (κ3) is 28.0. The van der Waals surface area contributed by atoms with Gasteiger partial charge in [-0.15, -0.1) is 0 Å². The Morgan fingerprint density at radius 1 is 0.367 bits per heavy atom. The van der Waals surface area contributed by atoms with Crippen molar-refractivity contribution in [3.63, 3.8) is 0 Å². The molecule has 1 radical (unpaired) electrons. The quantitative estimate of drug-likeness (QED) is 0.119. The van der Waals surface area contributed by atoms with Gasteiger partial charge in [0.05, 0.1) is 6.61 Å². The minimum atomic E-state index is 0.888. The predicted molar refractivity (Wildman–Crippen MR) is 137 cm³/mol. The van der Waals surface area contributed by atoms with Gasteiger partial charge in [0.1, 0.15) is 0 Å². The van der Waals surface area contributed by atoms with Crippen molar-refractivity contribution >= 4 is 0 Å². The number of hydrogen-bond acceptors (Lipinski definition) is 1. The first kappa shape index (κ1) is 30.0. The second kappa shape index (κ2) is 29.0. The summed E-state index contributed by atoms with van der Waals surface area (Å²) < 4.78 is 5.41. The molecule has 181 valence electrons. The molecule has 1 nitrogen and oxygen atoms in total. The van der Waals surface area contributed by atoms with Crippen LogP contribution >= 0.6 is 0 Å². The van der Waals surface area contributed by atoms with Gasteiger partial charge < -0.3 is 4.74 Å². The smallest absolute Gasteiger partial charge is 0.0836 e. The van der Waals surface area contributed by atoms with Gasteiger partial charge in [-0.05, 0) is 12.8 Å². The van der Waals surface area contributed by atoms with Crippen molar-refractivity contribution < 1.29 is 4.74 Å². The summed E-state index contributed by atoms with van der Waals surface area (Å²) in [7, 11) is 0. The number of hydrogen-bond donors (Lipinski definition) is 0. The van der Waals surface area contributed by atoms with Gasteiger partial charge in [0.15, 0.2) is 0 Å². The van der Waals surface area contributed by atoms with Gasteiger partial charge in [0.25, 0.3) is 0 Å². The highest BCUT2D eigenvalue weighted by Gasteiger charge is 1.96. The fourth-order valence-electron chi connectivity index (χ4n) is 4.30. The van der Waals surface area contributed by atoms with Crippen molar-refractivity contribution in [3.8, 4) is 0 Å². The Labute approximate surface area is 192 Å². The Morgan fingerprint density at radius 3 is 0.967 bits per heavy atom. The van der Waals surface area contributed by atoms with E-state index in [1.54, 1.807) is 0 Å². The first-order valence-electron chi connectivity index (χ1n) is 14.3. The molecule has 0 saturated heterocycles. The van der Waals surface area contributed by atoms with E-state index in [-0.39, 0.29) is 0 Å². The molecule has 0 aromatic carbocycles. The average Bonchev–Trinajstić information content (AvgIpc) is 2.76. The molecule has 0 atom stereocenters. The van der Waals surface area contributed by atoms with Crippen LogP contribution in [0.1, 0.15) is 174 Å². The van der Waals surface area contributed by atoms with Crippen molar-refractivity contribution in [2.75, 3.05) is 6.61 Å². The van der Waals surface area contributed by atoms with Crippen LogP contribution in [-0.4, -0.2) is 6.61 Å². The van der Waals surface area contributed by atoms with Gasteiger partial charge in [-0.2, -0.15) is 0 Å². The number of unbranched alkanes of at least 4 members (excludes halogenated alkanes) is 23. The van der Waals surface area contributed by atoms with E-state index < -0.39 is 0 Å². The molecule has 0 heterocycles. The average molecular weight is 424 g/mol. The standard InChI is InChI=1S/C29H59O/c1-3-5-6-7-8-9-10-11-12-13-14-15-16-17-18-19-20-21-22-23-24-25-26-27-29-30-28-4-2/h29H,3-28H2,1-2H3. The fourth-order valence-corrected chi connectivity index (χ4v) is 4.30. The lowest BCUT2D eigenvalue weighted by Crippen LogP contribution is -1.89. The third-order valence-electron chi connectivity index (χ3n) is 6.37. The Hall–Kier alpha value is -0.0400. The molecule has 0 bridgehead atoms. The van der Waals surface area contributed by atoms with E-state index in [1.807, 2.05) is 6.61 Å². The lowest BCUT2D eigenvalue weighted by Gasteiger charge is -2.04. The van der Waals surface area contributed by atoms with Gasteiger partial charge in [0, 0.05) is 6.61 Å². The zero-order valence-corrected chi connectivity index (χ0v) is 21.4. The summed E-state index contributed by atoms with van der Waals surface area (Å²) >= 11 is 0. The zero-order chi connectivity index (χ0) is 21.8. The van der Waals surface area contributed by atoms with Crippen LogP contribution in [0.3, 0.4) is 0 Å². The lowest BCUT2D eigenvalue weighted by atomic mass is 10.0. The summed E-state index contributed by atoms with van der Waals surface area (Å²) in [5.41, 5.74) is 0. The molecular formula is C29H59O. The molecule has 0 aromatic rings. The second-order valence-corrected chi connectivity index (χ2v) is 9.60. The first-order valence-corrected chi connectivity index (χ1v) is 14.3. The van der Waals surface area contributed by atoms with Crippen molar-refractivity contribution in [3.05, 3.63) is 6.61 Å². The summed E-state index contributed by atoms with van der Waals surface area (Å²) in [6.45, 7) is 7.37. The molecule has 0 amide bonds. The third-order valence-corrected chi connectivity index (χ3v) is 6.37. The van der Waals surface area contributed by atoms with E-state index in [2.05, 4.69) is 13.8 Å². The molecule has 0 unspecified atom stereocenters. The maximum atomic E-state index is 5.41. The molecule has 0 aromatic heterocycles. The van der Waals surface area contributed by atoms with Crippen LogP contribution in [0.15, 0.2) is 0 Å². The van der Waals surface area contributed by atoms with Crippen LogP contribution in [0.5, 0.6) is 0 Å². The van der Waals surface area contributed by atoms with Crippen LogP contribution in [0.4, 0.5) is 0 Å². The highest BCUT2D eigenvalue weighted by Crippen LogP contribution is 2.15. The molecule has 30 heavy (non-hydrogen) atoms. The largest absolute Gasteiger partial charge is 0.376 e. The molecule has 0 aliphatic carbocycles. The van der Waals surface area contributed by atoms with Crippen molar-refractivity contribution in [1.29, 1.82) is 0 Å². The molecule has 0 fully saturated rings. The molecule has 0 N–H and O–H groups in total. The molecule has 0 saturated carbocycles. The van der Waals surface area contributed by atoms with Crippen molar-refractivity contribution in [1.82, 2.24) is 0 Å². The summed E-state index contributed by atoms with van der Waals surface area (Å²) in [5.74, 6) is 0. The lowest BCUT2D eigenvalue weighted by molar-refractivity contribution is 0.190. The molecular weight excluding hydrogens is 364 g/mol. The Kier molecular flexibility index (Phi) is 28.9. The topological polar surface area (TPSA) is 9.23 Å². The SMILES string of the molecule is CCCCCCCCCCCCCCCCCCCCCCCCC[CH]OCCC. The minimum Gasteiger partial charge on any atom is -0.376 e. The zero-order valence-electron chi connectivity index (χ0n) is 21.4. The molecule has 0 aliphatic heterocycles. The van der Waals surface area contributed by atoms with Gasteiger partial charge >= 0.3 is 0 Å². The van der Waals surface area contributed by atoms with Crippen LogP contribution in [0, 0.1) is 6.61 Å². The minimum absolute atomic E-state index is 0.888. The van der Waals surface area contributed by atoms with Gasteiger partial charge in [-0.1, -0.05) is 162 Å². The highest BCUT2D eigenvalue weighted by molar-refractivity contribution is 4.54. The number of ether oxygens (including phenoxy) is 1. The molecule has 0 aliphatic rings. The van der Waals surface area contributed by atoms with Gasteiger partial charge in [-0.3, -0.25) is 0 Å². The normalized spacial score (nSPS) is 11.4. The summed E-state index contributed by atoms with van der Waals surface area (Å²) in [6, 6.07) is 0. The maximum absolute atomic E-state index is 5.41. The monoisotopic (exact) mass is 423 g/mol. The Balaban J connectivity index is 2.97. The van der Waals surface area contributed by atoms with Gasteiger partial charge in [-0.25, -0.2) is 0 Å². The first-order chi connectivity index (χ1) is 14.9. The second-order valence-electron chi connectivity index (χ2n) is 9.60. The van der Waals surface area contributed by atoms with Crippen LogP contribution in [0.25, 0.3) is 0 Å². The molecule has 0 spiro atoms. The molecule has 1 heteroatoms. The van der Waals surface area contributed by atoms with E-state index in [0.29, 0.717) is 0 Å². The van der Waals surface area contributed by atoms with Gasteiger partial charge in [0.2, 0.25) is 0 Å². The van der Waals surface area contributed by atoms with E-state index in [4.69, 9.17) is 4.74 Å². The van der Waals surface area contributed by atoms with Crippen molar-refractivity contribution in [2.24, 2.45) is 0 Å². The van der Waals surface area contributed by atoms with E-state index >= 15 is 0 Å². The Morgan fingerprint density at radius 2 is 0.667 bits per heavy atom. The van der Waals surface area contributed by atoms with Crippen LogP contribution in [-0.2, 0) is 4.74 Å². The highest BCUT2D eigenvalue weighted by atomic mass is 16.5. The maximum Gasteiger partial charge on any atom is 0.0836 e. The van der Waals surface area contributed by atoms with Crippen LogP contribution in [0.2, 0.25) is 0 Å². The van der Waals surface area contributed by atoms with Crippen LogP contribution < -0.4 is 0 Å². The summed E-state index contributed by atoms with van der Waals surface area (Å²) in [6.07, 6.45) is 35.7. The Bertz CT molecular complexity index is 248. The van der Waals surface area contributed by atoms with E-state index in [0.717, 1.165) is 19.4 Å². The molecule has 0 rings (SSSR count). The summed E-state index contributed by atoms with van der Waals surface area (Å²) in [5, 5.41) is 0. The predicted octanol–water partition coefficient (Wildman–Crippen LogP) is 11.0. The number of rotatable bonds is 27.